The van der Waals surface area contributed by atoms with Crippen LogP contribution in [0.4, 0.5) is 17.3 Å². The van der Waals surface area contributed by atoms with Gasteiger partial charge in [0.2, 0.25) is 0 Å². The molecule has 2 aromatic heterocycles. The summed E-state index contributed by atoms with van der Waals surface area (Å²) in [5.74, 6) is 1.20. The predicted octanol–water partition coefficient (Wildman–Crippen LogP) is 3.11. The molecule has 0 fully saturated rings. The molecule has 2 heterocycles. The zero-order chi connectivity index (χ0) is 19.7. The summed E-state index contributed by atoms with van der Waals surface area (Å²) in [4.78, 5) is 0.131. The third kappa shape index (κ3) is 3.37. The maximum absolute atomic E-state index is 12.6. The standard InChI is InChI=1S/C18H17N5O4S/c1-23-9-8-17(20-23)19-14-11-15-13(10-16(14)26-2)18(21-27-15)22-28(24,25)12-6-4-3-5-7-12/h3-11H,1-2H3,(H,19,20)(H,21,22). The molecule has 0 aliphatic rings. The molecule has 10 heteroatoms. The van der Waals surface area contributed by atoms with Gasteiger partial charge in [-0.1, -0.05) is 23.4 Å². The van der Waals surface area contributed by atoms with Crippen LogP contribution in [-0.4, -0.2) is 30.5 Å². The normalized spacial score (nSPS) is 11.5. The number of anilines is 3. The number of ether oxygens (including phenoxy) is 1. The largest absolute Gasteiger partial charge is 0.495 e. The molecular weight excluding hydrogens is 382 g/mol. The Balaban J connectivity index is 1.70. The monoisotopic (exact) mass is 399 g/mol. The fourth-order valence-corrected chi connectivity index (χ4v) is 3.75. The van der Waals surface area contributed by atoms with E-state index in [4.69, 9.17) is 9.26 Å². The number of benzene rings is 2. The molecule has 0 radical (unpaired) electrons. The van der Waals surface area contributed by atoms with Crippen molar-refractivity contribution in [1.29, 1.82) is 0 Å². The van der Waals surface area contributed by atoms with Crippen LogP contribution in [0.3, 0.4) is 0 Å². The van der Waals surface area contributed by atoms with Gasteiger partial charge in [0, 0.05) is 25.4 Å². The second kappa shape index (κ2) is 6.89. The Kier molecular flexibility index (Phi) is 4.40. The number of methoxy groups -OCH3 is 1. The molecular formula is C18H17N5O4S. The van der Waals surface area contributed by atoms with Crippen LogP contribution in [0, 0.1) is 0 Å². The van der Waals surface area contributed by atoms with Crippen molar-refractivity contribution < 1.29 is 17.7 Å². The molecule has 0 unspecified atom stereocenters. The molecule has 2 aromatic carbocycles. The van der Waals surface area contributed by atoms with E-state index < -0.39 is 10.0 Å². The van der Waals surface area contributed by atoms with E-state index >= 15 is 0 Å². The van der Waals surface area contributed by atoms with Crippen molar-refractivity contribution in [2.75, 3.05) is 17.1 Å². The van der Waals surface area contributed by atoms with E-state index in [-0.39, 0.29) is 10.7 Å². The second-order valence-corrected chi connectivity index (χ2v) is 7.68. The van der Waals surface area contributed by atoms with E-state index in [2.05, 4.69) is 20.3 Å². The number of nitrogens with one attached hydrogen (secondary N) is 2. The summed E-state index contributed by atoms with van der Waals surface area (Å²) in [5.41, 5.74) is 1.01. The fraction of sp³-hybridized carbons (Fsp3) is 0.111. The molecule has 0 amide bonds. The van der Waals surface area contributed by atoms with Gasteiger partial charge in [0.05, 0.1) is 23.1 Å². The van der Waals surface area contributed by atoms with E-state index in [1.54, 1.807) is 41.2 Å². The number of fused-ring (bicyclic) bond motifs is 1. The maximum atomic E-state index is 12.6. The lowest BCUT2D eigenvalue weighted by Crippen LogP contribution is -2.13. The van der Waals surface area contributed by atoms with Crippen LogP contribution in [-0.2, 0) is 17.1 Å². The minimum absolute atomic E-state index is 0.0848. The summed E-state index contributed by atoms with van der Waals surface area (Å²) in [6.07, 6.45) is 1.80. The summed E-state index contributed by atoms with van der Waals surface area (Å²) >= 11 is 0. The Morgan fingerprint density at radius 3 is 2.61 bits per heavy atom. The van der Waals surface area contributed by atoms with Crippen molar-refractivity contribution in [2.45, 2.75) is 4.90 Å². The molecule has 0 saturated carbocycles. The van der Waals surface area contributed by atoms with Crippen LogP contribution >= 0.6 is 0 Å². The van der Waals surface area contributed by atoms with Gasteiger partial charge in [-0.2, -0.15) is 5.10 Å². The Labute approximate surface area is 161 Å². The minimum atomic E-state index is -3.79. The van der Waals surface area contributed by atoms with Crippen molar-refractivity contribution in [3.8, 4) is 5.75 Å². The summed E-state index contributed by atoms with van der Waals surface area (Å²) < 4.78 is 40.0. The van der Waals surface area contributed by atoms with Gasteiger partial charge >= 0.3 is 0 Å². The molecule has 9 nitrogen and oxygen atoms in total. The van der Waals surface area contributed by atoms with Crippen LogP contribution < -0.4 is 14.8 Å². The summed E-state index contributed by atoms with van der Waals surface area (Å²) in [7, 11) is -0.459. The lowest BCUT2D eigenvalue weighted by molar-refractivity contribution is 0.417. The first-order valence-electron chi connectivity index (χ1n) is 8.28. The van der Waals surface area contributed by atoms with Gasteiger partial charge in [-0.15, -0.1) is 0 Å². The average Bonchev–Trinajstić information content (AvgIpc) is 3.27. The van der Waals surface area contributed by atoms with Crippen molar-refractivity contribution in [1.82, 2.24) is 14.9 Å². The molecule has 0 spiro atoms. The molecule has 0 aliphatic heterocycles. The van der Waals surface area contributed by atoms with Gasteiger partial charge in [-0.25, -0.2) is 8.42 Å². The van der Waals surface area contributed by atoms with Crippen LogP contribution in [0.2, 0.25) is 0 Å². The van der Waals surface area contributed by atoms with E-state index in [0.29, 0.717) is 28.2 Å². The number of nitrogens with zero attached hydrogens (tertiary/aromatic N) is 3. The van der Waals surface area contributed by atoms with E-state index in [9.17, 15) is 8.42 Å². The third-order valence-corrected chi connectivity index (χ3v) is 5.41. The number of hydrogen-bond donors (Lipinski definition) is 2. The first-order chi connectivity index (χ1) is 13.5. The van der Waals surface area contributed by atoms with Gasteiger partial charge in [0.25, 0.3) is 10.0 Å². The number of aryl methyl sites for hydroxylation is 1. The first-order valence-corrected chi connectivity index (χ1v) is 9.76. The van der Waals surface area contributed by atoms with Gasteiger partial charge in [-0.3, -0.25) is 9.40 Å². The molecule has 4 aromatic rings. The third-order valence-electron chi connectivity index (χ3n) is 4.05. The van der Waals surface area contributed by atoms with Gasteiger partial charge in [0.1, 0.15) is 5.75 Å². The molecule has 144 valence electrons. The summed E-state index contributed by atoms with van der Waals surface area (Å²) in [6, 6.07) is 13.2. The highest BCUT2D eigenvalue weighted by Crippen LogP contribution is 2.35. The second-order valence-electron chi connectivity index (χ2n) is 6.00. The Hall–Kier alpha value is -3.53. The van der Waals surface area contributed by atoms with Crippen molar-refractivity contribution in [2.24, 2.45) is 7.05 Å². The predicted molar refractivity (Wildman–Crippen MR) is 104 cm³/mol. The molecule has 0 saturated heterocycles. The SMILES string of the molecule is COc1cc2c(NS(=O)(=O)c3ccccc3)noc2cc1Nc1ccn(C)n1. The quantitative estimate of drug-likeness (QED) is 0.512. The van der Waals surface area contributed by atoms with Crippen molar-refractivity contribution >= 4 is 38.3 Å². The Bertz CT molecular complexity index is 1230. The highest BCUT2D eigenvalue weighted by Gasteiger charge is 2.20. The van der Waals surface area contributed by atoms with E-state index in [1.807, 2.05) is 13.1 Å². The molecule has 2 N–H and O–H groups in total. The van der Waals surface area contributed by atoms with Crippen LogP contribution in [0.5, 0.6) is 5.75 Å². The summed E-state index contributed by atoms with van der Waals surface area (Å²) in [5, 5.41) is 11.7. The maximum Gasteiger partial charge on any atom is 0.263 e. The fourth-order valence-electron chi connectivity index (χ4n) is 2.71. The average molecular weight is 399 g/mol. The van der Waals surface area contributed by atoms with Crippen molar-refractivity contribution in [3.63, 3.8) is 0 Å². The highest BCUT2D eigenvalue weighted by atomic mass is 32.2. The van der Waals surface area contributed by atoms with E-state index in [1.165, 1.54) is 19.2 Å². The first kappa shape index (κ1) is 17.9. The van der Waals surface area contributed by atoms with Crippen LogP contribution in [0.25, 0.3) is 11.0 Å². The van der Waals surface area contributed by atoms with Gasteiger partial charge in [0.15, 0.2) is 17.2 Å². The zero-order valence-electron chi connectivity index (χ0n) is 15.1. The molecule has 28 heavy (non-hydrogen) atoms. The number of sulfonamides is 1. The zero-order valence-corrected chi connectivity index (χ0v) is 15.9. The van der Waals surface area contributed by atoms with Gasteiger partial charge in [-0.05, 0) is 18.2 Å². The van der Waals surface area contributed by atoms with Crippen molar-refractivity contribution in [3.05, 3.63) is 54.7 Å². The van der Waals surface area contributed by atoms with Crippen LogP contribution in [0.1, 0.15) is 0 Å². The molecule has 0 aliphatic carbocycles. The number of rotatable bonds is 6. The van der Waals surface area contributed by atoms with E-state index in [0.717, 1.165) is 0 Å². The smallest absolute Gasteiger partial charge is 0.263 e. The molecule has 0 atom stereocenters. The Morgan fingerprint density at radius 1 is 1.14 bits per heavy atom. The number of aromatic nitrogens is 3. The summed E-state index contributed by atoms with van der Waals surface area (Å²) in [6.45, 7) is 0. The highest BCUT2D eigenvalue weighted by molar-refractivity contribution is 7.92. The topological polar surface area (TPSA) is 111 Å². The van der Waals surface area contributed by atoms with Crippen LogP contribution in [0.15, 0.2) is 64.1 Å². The minimum Gasteiger partial charge on any atom is -0.495 e. The number of hydrogen-bond acceptors (Lipinski definition) is 7. The lowest BCUT2D eigenvalue weighted by atomic mass is 10.2. The Morgan fingerprint density at radius 2 is 1.93 bits per heavy atom. The molecule has 4 rings (SSSR count). The lowest BCUT2D eigenvalue weighted by Gasteiger charge is -2.10. The molecule has 0 bridgehead atoms. The van der Waals surface area contributed by atoms with Gasteiger partial charge < -0.3 is 14.6 Å².